The third kappa shape index (κ3) is 7.74. The Bertz CT molecular complexity index is 136. The van der Waals surface area contributed by atoms with Crippen molar-refractivity contribution in [3.63, 3.8) is 0 Å². The first-order valence-electron chi connectivity index (χ1n) is 4.46. The molecule has 0 aliphatic heterocycles. The molecule has 4 nitrogen and oxygen atoms in total. The minimum absolute atomic E-state index is 0.0272. The van der Waals surface area contributed by atoms with Gasteiger partial charge in [0.15, 0.2) is 0 Å². The Hall–Kier alpha value is -0.610. The van der Waals surface area contributed by atoms with Gasteiger partial charge in [-0.2, -0.15) is 0 Å². The summed E-state index contributed by atoms with van der Waals surface area (Å²) in [7, 11) is 1.62. The Labute approximate surface area is 79.2 Å². The molecule has 0 rings (SSSR count). The highest BCUT2D eigenvalue weighted by Crippen LogP contribution is 1.94. The fourth-order valence-electron chi connectivity index (χ4n) is 0.859. The van der Waals surface area contributed by atoms with Crippen molar-refractivity contribution in [3.05, 3.63) is 0 Å². The number of esters is 1. The third-order valence-electron chi connectivity index (χ3n) is 1.42. The van der Waals surface area contributed by atoms with E-state index < -0.39 is 0 Å². The molecule has 0 spiro atoms. The molecule has 0 aromatic rings. The highest BCUT2D eigenvalue weighted by Gasteiger charge is 2.04. The molecule has 0 saturated heterocycles. The van der Waals surface area contributed by atoms with E-state index in [4.69, 9.17) is 14.2 Å². The molecule has 0 aromatic carbocycles. The molecule has 4 heteroatoms. The number of carbonyl (C=O) groups excluding carboxylic acids is 1. The van der Waals surface area contributed by atoms with E-state index in [1.165, 1.54) is 0 Å². The topological polar surface area (TPSA) is 44.8 Å². The molecular formula is C9H18O4. The minimum atomic E-state index is -0.216. The van der Waals surface area contributed by atoms with Gasteiger partial charge in [-0.15, -0.1) is 0 Å². The zero-order valence-electron chi connectivity index (χ0n) is 8.54. The molecule has 0 amide bonds. The lowest BCUT2D eigenvalue weighted by Gasteiger charge is -2.10. The van der Waals surface area contributed by atoms with Crippen LogP contribution in [0.1, 0.15) is 20.3 Å². The van der Waals surface area contributed by atoms with Crippen LogP contribution >= 0.6 is 0 Å². The molecule has 0 N–H and O–H groups in total. The van der Waals surface area contributed by atoms with Crippen molar-refractivity contribution in [1.29, 1.82) is 0 Å². The van der Waals surface area contributed by atoms with E-state index in [1.54, 1.807) is 14.0 Å². The first-order valence-corrected chi connectivity index (χ1v) is 4.46. The Kier molecular flexibility index (Phi) is 7.63. The van der Waals surface area contributed by atoms with Crippen molar-refractivity contribution in [1.82, 2.24) is 0 Å². The lowest BCUT2D eigenvalue weighted by molar-refractivity contribution is -0.144. The molecule has 0 radical (unpaired) electrons. The number of hydrogen-bond donors (Lipinski definition) is 0. The van der Waals surface area contributed by atoms with Gasteiger partial charge in [0.1, 0.15) is 0 Å². The van der Waals surface area contributed by atoms with E-state index in [-0.39, 0.29) is 12.1 Å². The number of carbonyl (C=O) groups is 1. The lowest BCUT2D eigenvalue weighted by atomic mass is 10.4. The van der Waals surface area contributed by atoms with E-state index in [2.05, 4.69) is 0 Å². The van der Waals surface area contributed by atoms with Gasteiger partial charge in [-0.25, -0.2) is 0 Å². The smallest absolute Gasteiger partial charge is 0.308 e. The summed E-state index contributed by atoms with van der Waals surface area (Å²) in [5.74, 6) is -0.216. The Morgan fingerprint density at radius 1 is 1.46 bits per heavy atom. The van der Waals surface area contributed by atoms with Crippen molar-refractivity contribution in [2.24, 2.45) is 0 Å². The van der Waals surface area contributed by atoms with E-state index in [9.17, 15) is 4.79 Å². The molecule has 0 aliphatic carbocycles. The Morgan fingerprint density at radius 3 is 2.69 bits per heavy atom. The molecule has 0 saturated carbocycles. The second-order valence-electron chi connectivity index (χ2n) is 2.69. The van der Waals surface area contributed by atoms with Crippen LogP contribution in [0.5, 0.6) is 0 Å². The molecule has 1 atom stereocenters. The predicted octanol–water partition coefficient (Wildman–Crippen LogP) is 0.991. The van der Waals surface area contributed by atoms with Crippen LogP contribution in [0.4, 0.5) is 0 Å². The largest absolute Gasteiger partial charge is 0.466 e. The maximum Gasteiger partial charge on any atom is 0.308 e. The monoisotopic (exact) mass is 190 g/mol. The average molecular weight is 190 g/mol. The predicted molar refractivity (Wildman–Crippen MR) is 48.5 cm³/mol. The first kappa shape index (κ1) is 12.4. The van der Waals surface area contributed by atoms with Crippen LogP contribution < -0.4 is 0 Å². The van der Waals surface area contributed by atoms with Gasteiger partial charge in [0.25, 0.3) is 0 Å². The fourth-order valence-corrected chi connectivity index (χ4v) is 0.859. The zero-order chi connectivity index (χ0) is 10.1. The number of rotatable bonds is 7. The number of hydrogen-bond acceptors (Lipinski definition) is 4. The molecule has 0 bridgehead atoms. The van der Waals surface area contributed by atoms with Crippen LogP contribution in [0.15, 0.2) is 0 Å². The normalized spacial score (nSPS) is 12.5. The summed E-state index contributed by atoms with van der Waals surface area (Å²) in [6.45, 7) is 5.04. The quantitative estimate of drug-likeness (QED) is 0.562. The van der Waals surface area contributed by atoms with Gasteiger partial charge >= 0.3 is 5.97 Å². The van der Waals surface area contributed by atoms with E-state index in [0.29, 0.717) is 26.2 Å². The number of ether oxygens (including phenoxy) is 3. The van der Waals surface area contributed by atoms with Gasteiger partial charge < -0.3 is 14.2 Å². The van der Waals surface area contributed by atoms with Crippen LogP contribution in [0, 0.1) is 0 Å². The van der Waals surface area contributed by atoms with Crippen LogP contribution in [0.2, 0.25) is 0 Å². The molecule has 0 aromatic heterocycles. The second kappa shape index (κ2) is 8.01. The first-order chi connectivity index (χ1) is 6.20. The molecule has 1 unspecified atom stereocenters. The molecule has 0 heterocycles. The van der Waals surface area contributed by atoms with Gasteiger partial charge in [-0.1, -0.05) is 0 Å². The summed E-state index contributed by atoms with van der Waals surface area (Å²) < 4.78 is 14.9. The van der Waals surface area contributed by atoms with Gasteiger partial charge in [0.2, 0.25) is 0 Å². The van der Waals surface area contributed by atoms with Crippen molar-refractivity contribution in [2.75, 3.05) is 26.9 Å². The van der Waals surface area contributed by atoms with E-state index in [0.717, 1.165) is 0 Å². The highest BCUT2D eigenvalue weighted by atomic mass is 16.5. The molecular weight excluding hydrogens is 172 g/mol. The maximum atomic E-state index is 10.8. The second-order valence-corrected chi connectivity index (χ2v) is 2.69. The van der Waals surface area contributed by atoms with Gasteiger partial charge in [-0.3, -0.25) is 4.79 Å². The van der Waals surface area contributed by atoms with E-state index in [1.807, 2.05) is 6.92 Å². The van der Waals surface area contributed by atoms with Crippen LogP contribution in [-0.4, -0.2) is 39.0 Å². The summed E-state index contributed by atoms with van der Waals surface area (Å²) in [6.07, 6.45) is 0.335. The van der Waals surface area contributed by atoms with Gasteiger partial charge in [0, 0.05) is 7.11 Å². The fraction of sp³-hybridized carbons (Fsp3) is 0.889. The molecule has 78 valence electrons. The van der Waals surface area contributed by atoms with E-state index >= 15 is 0 Å². The SMILES string of the molecule is CCOC(=O)CCOC(C)COC. The molecule has 13 heavy (non-hydrogen) atoms. The maximum absolute atomic E-state index is 10.8. The summed E-state index contributed by atoms with van der Waals surface area (Å²) >= 11 is 0. The van der Waals surface area contributed by atoms with Crippen LogP contribution in [0.3, 0.4) is 0 Å². The number of methoxy groups -OCH3 is 1. The standard InChI is InChI=1S/C9H18O4/c1-4-12-9(10)5-6-13-8(2)7-11-3/h8H,4-7H2,1-3H3. The molecule has 0 fully saturated rings. The summed E-state index contributed by atoms with van der Waals surface area (Å²) in [6, 6.07) is 0. The van der Waals surface area contributed by atoms with Gasteiger partial charge in [-0.05, 0) is 13.8 Å². The Balaban J connectivity index is 3.28. The van der Waals surface area contributed by atoms with Crippen LogP contribution in [-0.2, 0) is 19.0 Å². The summed E-state index contributed by atoms with van der Waals surface area (Å²) in [5.41, 5.74) is 0. The Morgan fingerprint density at radius 2 is 2.15 bits per heavy atom. The summed E-state index contributed by atoms with van der Waals surface area (Å²) in [4.78, 5) is 10.8. The van der Waals surface area contributed by atoms with Gasteiger partial charge in [0.05, 0.1) is 32.3 Å². The van der Waals surface area contributed by atoms with Crippen molar-refractivity contribution in [3.8, 4) is 0 Å². The highest BCUT2D eigenvalue weighted by molar-refractivity contribution is 5.69. The van der Waals surface area contributed by atoms with Crippen molar-refractivity contribution < 1.29 is 19.0 Å². The third-order valence-corrected chi connectivity index (χ3v) is 1.42. The lowest BCUT2D eigenvalue weighted by Crippen LogP contribution is -2.17. The molecule has 0 aliphatic rings. The average Bonchev–Trinajstić information content (AvgIpc) is 2.05. The zero-order valence-corrected chi connectivity index (χ0v) is 8.54. The van der Waals surface area contributed by atoms with Crippen molar-refractivity contribution in [2.45, 2.75) is 26.4 Å². The summed E-state index contributed by atoms with van der Waals surface area (Å²) in [5, 5.41) is 0. The minimum Gasteiger partial charge on any atom is -0.466 e. The van der Waals surface area contributed by atoms with Crippen molar-refractivity contribution >= 4 is 5.97 Å². The van der Waals surface area contributed by atoms with Crippen LogP contribution in [0.25, 0.3) is 0 Å².